The number of hydrogen-bond acceptors (Lipinski definition) is 2. The van der Waals surface area contributed by atoms with Crippen LogP contribution in [0, 0.1) is 0 Å². The van der Waals surface area contributed by atoms with Gasteiger partial charge in [0.2, 0.25) is 0 Å². The van der Waals surface area contributed by atoms with Crippen LogP contribution >= 0.6 is 39.1 Å². The smallest absolute Gasteiger partial charge is 0.344 e. The van der Waals surface area contributed by atoms with Gasteiger partial charge in [-0.05, 0) is 45.8 Å². The highest BCUT2D eigenvalue weighted by Gasteiger charge is 2.05. The van der Waals surface area contributed by atoms with E-state index in [1.807, 2.05) is 0 Å². The van der Waals surface area contributed by atoms with Gasteiger partial charge in [0.15, 0.2) is 0 Å². The highest BCUT2D eigenvalue weighted by molar-refractivity contribution is 9.12. The van der Waals surface area contributed by atoms with Crippen LogP contribution in [0.1, 0.15) is 5.56 Å². The molecule has 0 heterocycles. The lowest BCUT2D eigenvalue weighted by molar-refractivity contribution is -0.135. The SMILES string of the molecule is COC(=O)/C(Br)=C/c1cc(Cl)cc(Cl)c1. The Balaban J connectivity index is 3.02. The van der Waals surface area contributed by atoms with E-state index in [1.54, 1.807) is 24.3 Å². The molecule has 1 aromatic rings. The van der Waals surface area contributed by atoms with Gasteiger partial charge in [0.25, 0.3) is 0 Å². The van der Waals surface area contributed by atoms with Crippen LogP contribution in [-0.4, -0.2) is 13.1 Å². The van der Waals surface area contributed by atoms with Crippen LogP contribution in [-0.2, 0) is 9.53 Å². The minimum absolute atomic E-state index is 0.309. The van der Waals surface area contributed by atoms with Crippen molar-refractivity contribution in [2.45, 2.75) is 0 Å². The van der Waals surface area contributed by atoms with E-state index in [0.29, 0.717) is 14.5 Å². The molecule has 0 unspecified atom stereocenters. The first-order valence-electron chi connectivity index (χ1n) is 3.94. The summed E-state index contributed by atoms with van der Waals surface area (Å²) in [4.78, 5) is 11.1. The fraction of sp³-hybridized carbons (Fsp3) is 0.100. The van der Waals surface area contributed by atoms with Crippen molar-refractivity contribution < 1.29 is 9.53 Å². The molecule has 0 amide bonds. The molecule has 0 N–H and O–H groups in total. The molecule has 5 heteroatoms. The van der Waals surface area contributed by atoms with E-state index < -0.39 is 5.97 Å². The van der Waals surface area contributed by atoms with Crippen molar-refractivity contribution in [2.75, 3.05) is 7.11 Å². The number of esters is 1. The van der Waals surface area contributed by atoms with E-state index in [9.17, 15) is 4.79 Å². The second kappa shape index (κ2) is 5.54. The highest BCUT2D eigenvalue weighted by atomic mass is 79.9. The van der Waals surface area contributed by atoms with Gasteiger partial charge in [-0.1, -0.05) is 23.2 Å². The van der Waals surface area contributed by atoms with Gasteiger partial charge < -0.3 is 4.74 Å². The first-order valence-corrected chi connectivity index (χ1v) is 5.49. The summed E-state index contributed by atoms with van der Waals surface area (Å²) in [6.45, 7) is 0. The van der Waals surface area contributed by atoms with Crippen molar-refractivity contribution in [3.8, 4) is 0 Å². The predicted molar refractivity (Wildman–Crippen MR) is 65.4 cm³/mol. The highest BCUT2D eigenvalue weighted by Crippen LogP contribution is 2.22. The Morgan fingerprint density at radius 3 is 2.33 bits per heavy atom. The fourth-order valence-electron chi connectivity index (χ4n) is 0.961. The lowest BCUT2D eigenvalue weighted by Crippen LogP contribution is -1.98. The predicted octanol–water partition coefficient (Wildman–Crippen LogP) is 3.90. The number of halogens is 3. The summed E-state index contributed by atoms with van der Waals surface area (Å²) >= 11 is 14.7. The second-order valence-corrected chi connectivity index (χ2v) is 4.41. The van der Waals surface area contributed by atoms with Crippen molar-refractivity contribution in [1.82, 2.24) is 0 Å². The summed E-state index contributed by atoms with van der Waals surface area (Å²) in [5.74, 6) is -0.453. The third-order valence-electron chi connectivity index (χ3n) is 1.56. The maximum atomic E-state index is 11.1. The van der Waals surface area contributed by atoms with Gasteiger partial charge in [0.1, 0.15) is 4.48 Å². The van der Waals surface area contributed by atoms with E-state index in [2.05, 4.69) is 20.7 Å². The molecular weight excluding hydrogens is 303 g/mol. The molecule has 0 atom stereocenters. The van der Waals surface area contributed by atoms with Crippen LogP contribution in [0.25, 0.3) is 6.08 Å². The molecule has 0 bridgehead atoms. The summed E-state index contributed by atoms with van der Waals surface area (Å²) < 4.78 is 4.83. The Labute approximate surface area is 106 Å². The largest absolute Gasteiger partial charge is 0.465 e. The Morgan fingerprint density at radius 2 is 1.87 bits per heavy atom. The molecule has 0 aliphatic carbocycles. The number of carbonyl (C=O) groups is 1. The molecule has 0 aliphatic heterocycles. The maximum Gasteiger partial charge on any atom is 0.344 e. The molecule has 0 spiro atoms. The number of benzene rings is 1. The average Bonchev–Trinajstić information content (AvgIpc) is 2.14. The molecule has 0 radical (unpaired) electrons. The van der Waals surface area contributed by atoms with Crippen LogP contribution < -0.4 is 0 Å². The average molecular weight is 310 g/mol. The minimum Gasteiger partial charge on any atom is -0.465 e. The Morgan fingerprint density at radius 1 is 1.33 bits per heavy atom. The van der Waals surface area contributed by atoms with Gasteiger partial charge in [-0.2, -0.15) is 0 Å². The van der Waals surface area contributed by atoms with Crippen LogP contribution in [0.3, 0.4) is 0 Å². The summed E-state index contributed by atoms with van der Waals surface area (Å²) in [7, 11) is 1.31. The number of methoxy groups -OCH3 is 1. The molecule has 0 fully saturated rings. The third kappa shape index (κ3) is 3.86. The van der Waals surface area contributed by atoms with Crippen molar-refractivity contribution in [3.63, 3.8) is 0 Å². The summed E-state index contributed by atoms with van der Waals surface area (Å²) in [5.41, 5.74) is 0.727. The Bertz CT molecular complexity index is 396. The standard InChI is InChI=1S/C10H7BrCl2O2/c1-15-10(14)9(11)4-6-2-7(12)5-8(13)3-6/h2-5H,1H3/b9-4-. The zero-order valence-electron chi connectivity index (χ0n) is 7.76. The first-order chi connectivity index (χ1) is 7.02. The lowest BCUT2D eigenvalue weighted by Gasteiger charge is -1.99. The van der Waals surface area contributed by atoms with Crippen LogP contribution in [0.2, 0.25) is 10.0 Å². The van der Waals surface area contributed by atoms with Crippen molar-refractivity contribution >= 4 is 51.2 Å². The Hall–Kier alpha value is -0.510. The quantitative estimate of drug-likeness (QED) is 0.612. The van der Waals surface area contributed by atoms with Crippen molar-refractivity contribution in [3.05, 3.63) is 38.3 Å². The van der Waals surface area contributed by atoms with Crippen molar-refractivity contribution in [1.29, 1.82) is 0 Å². The first kappa shape index (κ1) is 12.6. The number of rotatable bonds is 2. The summed E-state index contributed by atoms with van der Waals surface area (Å²) in [6, 6.07) is 5.00. The Kier molecular flexibility index (Phi) is 4.64. The van der Waals surface area contributed by atoms with Gasteiger partial charge >= 0.3 is 5.97 Å². The van der Waals surface area contributed by atoms with Gasteiger partial charge in [0.05, 0.1) is 7.11 Å². The number of ether oxygens (including phenoxy) is 1. The zero-order valence-corrected chi connectivity index (χ0v) is 10.9. The van der Waals surface area contributed by atoms with Gasteiger partial charge in [-0.15, -0.1) is 0 Å². The third-order valence-corrected chi connectivity index (χ3v) is 2.55. The molecule has 1 rings (SSSR count). The number of carbonyl (C=O) groups excluding carboxylic acids is 1. The van der Waals surface area contributed by atoms with E-state index in [4.69, 9.17) is 23.2 Å². The second-order valence-electron chi connectivity index (χ2n) is 2.69. The minimum atomic E-state index is -0.453. The van der Waals surface area contributed by atoms with Crippen LogP contribution in [0.5, 0.6) is 0 Å². The zero-order chi connectivity index (χ0) is 11.4. The van der Waals surface area contributed by atoms with Gasteiger partial charge in [-0.3, -0.25) is 0 Å². The van der Waals surface area contributed by atoms with Crippen LogP contribution in [0.15, 0.2) is 22.7 Å². The van der Waals surface area contributed by atoms with E-state index >= 15 is 0 Å². The van der Waals surface area contributed by atoms with Gasteiger partial charge in [0, 0.05) is 10.0 Å². The summed E-state index contributed by atoms with van der Waals surface area (Å²) in [6.07, 6.45) is 1.59. The molecule has 15 heavy (non-hydrogen) atoms. The van der Waals surface area contributed by atoms with Crippen molar-refractivity contribution in [2.24, 2.45) is 0 Å². The normalized spacial score (nSPS) is 11.3. The lowest BCUT2D eigenvalue weighted by atomic mass is 10.2. The molecule has 80 valence electrons. The van der Waals surface area contributed by atoms with Crippen LogP contribution in [0.4, 0.5) is 0 Å². The fourth-order valence-corrected chi connectivity index (χ4v) is 1.93. The number of hydrogen-bond donors (Lipinski definition) is 0. The molecule has 2 nitrogen and oxygen atoms in total. The molecule has 1 aromatic carbocycles. The van der Waals surface area contributed by atoms with E-state index in [1.165, 1.54) is 7.11 Å². The topological polar surface area (TPSA) is 26.3 Å². The molecule has 0 saturated heterocycles. The summed E-state index contributed by atoms with van der Waals surface area (Å²) in [5, 5.41) is 1.03. The molecule has 0 aromatic heterocycles. The van der Waals surface area contributed by atoms with E-state index in [0.717, 1.165) is 5.56 Å². The monoisotopic (exact) mass is 308 g/mol. The maximum absolute atomic E-state index is 11.1. The molecular formula is C10H7BrCl2O2. The molecule has 0 aliphatic rings. The molecule has 0 saturated carbocycles. The van der Waals surface area contributed by atoms with Gasteiger partial charge in [-0.25, -0.2) is 4.79 Å². The van der Waals surface area contributed by atoms with E-state index in [-0.39, 0.29) is 0 Å².